The van der Waals surface area contributed by atoms with Gasteiger partial charge in [0, 0.05) is 41.1 Å². The number of H-pyrrole nitrogens is 1. The number of hydrogen-bond donors (Lipinski definition) is 3. The van der Waals surface area contributed by atoms with Crippen molar-refractivity contribution >= 4 is 45.9 Å². The van der Waals surface area contributed by atoms with Crippen molar-refractivity contribution in [1.29, 1.82) is 0 Å². The SMILES string of the molecule is CCc1c(-c2ccc(NC(=O)C3CCCN3C(=O)Cc3ccccc3)cc2)[nH]c2ccc(NC(=O)[C@@H]3CCCN3C(=O)Cc3ccccc3)cc12. The van der Waals surface area contributed by atoms with Gasteiger partial charge in [-0.1, -0.05) is 79.7 Å². The summed E-state index contributed by atoms with van der Waals surface area (Å²) >= 11 is 0. The third-order valence-corrected chi connectivity index (χ3v) is 10.1. The molecule has 7 rings (SSSR count). The molecule has 4 amide bonds. The van der Waals surface area contributed by atoms with Gasteiger partial charge < -0.3 is 25.4 Å². The van der Waals surface area contributed by atoms with Crippen LogP contribution in [-0.4, -0.2) is 63.6 Å². The number of aromatic nitrogens is 1. The van der Waals surface area contributed by atoms with Crippen LogP contribution in [0.3, 0.4) is 0 Å². The summed E-state index contributed by atoms with van der Waals surface area (Å²) in [4.78, 5) is 59.9. The predicted octanol–water partition coefficient (Wildman–Crippen LogP) is 6.74. The lowest BCUT2D eigenvalue weighted by Crippen LogP contribution is -2.43. The first-order valence-electron chi connectivity index (χ1n) is 17.9. The van der Waals surface area contributed by atoms with E-state index in [1.807, 2.05) is 103 Å². The van der Waals surface area contributed by atoms with Crippen molar-refractivity contribution in [3.8, 4) is 11.3 Å². The third kappa shape index (κ3) is 7.43. The van der Waals surface area contributed by atoms with Gasteiger partial charge in [0.05, 0.1) is 12.8 Å². The van der Waals surface area contributed by atoms with E-state index in [0.717, 1.165) is 58.1 Å². The van der Waals surface area contributed by atoms with Crippen LogP contribution in [0.4, 0.5) is 11.4 Å². The summed E-state index contributed by atoms with van der Waals surface area (Å²) in [5, 5.41) is 7.13. The van der Waals surface area contributed by atoms with E-state index >= 15 is 0 Å². The zero-order valence-electron chi connectivity index (χ0n) is 28.9. The largest absolute Gasteiger partial charge is 0.354 e. The molecule has 0 saturated carbocycles. The average molecular weight is 682 g/mol. The molecular weight excluding hydrogens is 638 g/mol. The number of benzene rings is 4. The number of carbonyl (C=O) groups excluding carboxylic acids is 4. The van der Waals surface area contributed by atoms with Gasteiger partial charge in [-0.25, -0.2) is 0 Å². The number of aromatic amines is 1. The van der Waals surface area contributed by atoms with Crippen molar-refractivity contribution in [3.63, 3.8) is 0 Å². The highest BCUT2D eigenvalue weighted by atomic mass is 16.2. The molecule has 5 aromatic rings. The van der Waals surface area contributed by atoms with Crippen molar-refractivity contribution in [1.82, 2.24) is 14.8 Å². The Morgan fingerprint density at radius 3 is 1.71 bits per heavy atom. The number of carbonyl (C=O) groups is 4. The molecule has 0 aliphatic carbocycles. The maximum absolute atomic E-state index is 13.5. The monoisotopic (exact) mass is 681 g/mol. The van der Waals surface area contributed by atoms with Gasteiger partial charge in [-0.2, -0.15) is 0 Å². The van der Waals surface area contributed by atoms with Crippen LogP contribution in [-0.2, 0) is 38.4 Å². The minimum absolute atomic E-state index is 0.0297. The number of rotatable bonds is 10. The molecule has 9 heteroatoms. The van der Waals surface area contributed by atoms with Gasteiger partial charge >= 0.3 is 0 Å². The first-order chi connectivity index (χ1) is 24.9. The number of anilines is 2. The lowest BCUT2D eigenvalue weighted by atomic mass is 10.0. The molecule has 1 aromatic heterocycles. The first kappa shape index (κ1) is 33.8. The van der Waals surface area contributed by atoms with Crippen LogP contribution >= 0.6 is 0 Å². The molecule has 4 aromatic carbocycles. The topological polar surface area (TPSA) is 115 Å². The lowest BCUT2D eigenvalue weighted by molar-refractivity contribution is -0.136. The molecular formula is C42H43N5O4. The summed E-state index contributed by atoms with van der Waals surface area (Å²) < 4.78 is 0. The fourth-order valence-corrected chi connectivity index (χ4v) is 7.53. The Hall–Kier alpha value is -5.70. The van der Waals surface area contributed by atoms with E-state index in [1.54, 1.807) is 9.80 Å². The third-order valence-electron chi connectivity index (χ3n) is 10.1. The molecule has 3 heterocycles. The molecule has 1 unspecified atom stereocenters. The number of aryl methyl sites for hydroxylation is 1. The van der Waals surface area contributed by atoms with E-state index in [4.69, 9.17) is 0 Å². The summed E-state index contributed by atoms with van der Waals surface area (Å²) in [5.41, 5.74) is 7.29. The fraction of sp³-hybridized carbons (Fsp3) is 0.286. The standard InChI is InChI=1S/C42H43N5O4/c1-2-33-34-27-32(44-42(51)37-16-10-24-47(37)39(49)26-29-13-7-4-8-14-29)21-22-35(34)45-40(33)30-17-19-31(20-18-30)43-41(50)36-15-9-23-46(36)38(48)25-28-11-5-3-6-12-28/h3-8,11-14,17-22,27,36-37,45H,2,9-10,15-16,23-26H2,1H3,(H,43,50)(H,44,51)/t36?,37-/m0/s1. The molecule has 2 aliphatic heterocycles. The van der Waals surface area contributed by atoms with Crippen molar-refractivity contribution in [3.05, 3.63) is 120 Å². The van der Waals surface area contributed by atoms with Crippen LogP contribution in [0.5, 0.6) is 0 Å². The van der Waals surface area contributed by atoms with Crippen LogP contribution in [0, 0.1) is 0 Å². The normalized spacial score (nSPS) is 17.1. The average Bonchev–Trinajstić information content (AvgIpc) is 3.92. The molecule has 2 fully saturated rings. The molecule has 2 aliphatic rings. The second-order valence-electron chi connectivity index (χ2n) is 13.5. The molecule has 2 atom stereocenters. The molecule has 0 radical (unpaired) electrons. The smallest absolute Gasteiger partial charge is 0.247 e. The van der Waals surface area contributed by atoms with Crippen molar-refractivity contribution in [2.75, 3.05) is 23.7 Å². The number of amides is 4. The van der Waals surface area contributed by atoms with E-state index in [1.165, 1.54) is 0 Å². The molecule has 0 bridgehead atoms. The molecule has 0 spiro atoms. The molecule has 9 nitrogen and oxygen atoms in total. The van der Waals surface area contributed by atoms with Crippen molar-refractivity contribution in [2.45, 2.75) is 64.0 Å². The second kappa shape index (κ2) is 15.0. The molecule has 3 N–H and O–H groups in total. The predicted molar refractivity (Wildman–Crippen MR) is 200 cm³/mol. The Balaban J connectivity index is 1.01. The van der Waals surface area contributed by atoms with E-state index in [9.17, 15) is 19.2 Å². The highest BCUT2D eigenvalue weighted by molar-refractivity contribution is 6.01. The van der Waals surface area contributed by atoms with Crippen LogP contribution in [0.2, 0.25) is 0 Å². The summed E-state index contributed by atoms with van der Waals surface area (Å²) in [6.45, 7) is 3.27. The van der Waals surface area contributed by atoms with E-state index < -0.39 is 12.1 Å². The maximum atomic E-state index is 13.5. The van der Waals surface area contributed by atoms with E-state index in [0.29, 0.717) is 37.3 Å². The molecule has 260 valence electrons. The van der Waals surface area contributed by atoms with Gasteiger partial charge in [-0.15, -0.1) is 0 Å². The van der Waals surface area contributed by atoms with Gasteiger partial charge in [0.15, 0.2) is 0 Å². The molecule has 51 heavy (non-hydrogen) atoms. The van der Waals surface area contributed by atoms with Gasteiger partial charge in [0.2, 0.25) is 23.6 Å². The van der Waals surface area contributed by atoms with E-state index in [-0.39, 0.29) is 36.5 Å². The quantitative estimate of drug-likeness (QED) is 0.152. The van der Waals surface area contributed by atoms with Crippen LogP contribution in [0.15, 0.2) is 103 Å². The Morgan fingerprint density at radius 2 is 1.18 bits per heavy atom. The van der Waals surface area contributed by atoms with Crippen molar-refractivity contribution in [2.24, 2.45) is 0 Å². The zero-order valence-corrected chi connectivity index (χ0v) is 28.9. The van der Waals surface area contributed by atoms with Gasteiger partial charge in [-0.05, 0) is 84.7 Å². The number of fused-ring (bicyclic) bond motifs is 1. The minimum atomic E-state index is -0.491. The summed E-state index contributed by atoms with van der Waals surface area (Å²) in [6.07, 6.45) is 4.23. The number of hydrogen-bond acceptors (Lipinski definition) is 4. The Labute approximate surface area is 298 Å². The summed E-state index contributed by atoms with van der Waals surface area (Å²) in [5.74, 6) is -0.395. The number of nitrogens with one attached hydrogen (secondary N) is 3. The number of nitrogens with zero attached hydrogens (tertiary/aromatic N) is 2. The van der Waals surface area contributed by atoms with E-state index in [2.05, 4.69) is 22.5 Å². The minimum Gasteiger partial charge on any atom is -0.354 e. The lowest BCUT2D eigenvalue weighted by Gasteiger charge is -2.24. The first-order valence-corrected chi connectivity index (χ1v) is 17.9. The Bertz CT molecular complexity index is 2040. The highest BCUT2D eigenvalue weighted by Gasteiger charge is 2.35. The van der Waals surface area contributed by atoms with Crippen LogP contribution in [0.25, 0.3) is 22.2 Å². The molecule has 2 saturated heterocycles. The maximum Gasteiger partial charge on any atom is 0.247 e. The van der Waals surface area contributed by atoms with Crippen LogP contribution in [0.1, 0.15) is 49.3 Å². The summed E-state index contributed by atoms with van der Waals surface area (Å²) in [6, 6.07) is 31.9. The Morgan fingerprint density at radius 1 is 0.667 bits per heavy atom. The fourth-order valence-electron chi connectivity index (χ4n) is 7.53. The van der Waals surface area contributed by atoms with Gasteiger partial charge in [-0.3, -0.25) is 19.2 Å². The Kier molecular flexibility index (Phi) is 9.97. The highest BCUT2D eigenvalue weighted by Crippen LogP contribution is 2.33. The van der Waals surface area contributed by atoms with Crippen LogP contribution < -0.4 is 10.6 Å². The van der Waals surface area contributed by atoms with Crippen molar-refractivity contribution < 1.29 is 19.2 Å². The second-order valence-corrected chi connectivity index (χ2v) is 13.5. The number of likely N-dealkylation sites (tertiary alicyclic amines) is 2. The zero-order chi connectivity index (χ0) is 35.3. The summed E-state index contributed by atoms with van der Waals surface area (Å²) in [7, 11) is 0. The van der Waals surface area contributed by atoms with Gasteiger partial charge in [0.1, 0.15) is 12.1 Å². The van der Waals surface area contributed by atoms with Gasteiger partial charge in [0.25, 0.3) is 0 Å².